The van der Waals surface area contributed by atoms with Crippen LogP contribution >= 0.6 is 11.6 Å². The Hall–Kier alpha value is -1.35. The van der Waals surface area contributed by atoms with Crippen LogP contribution in [0.2, 0.25) is 5.02 Å². The van der Waals surface area contributed by atoms with Gasteiger partial charge in [-0.3, -0.25) is 4.79 Å². The van der Waals surface area contributed by atoms with Crippen LogP contribution in [0, 0.1) is 0 Å². The molecule has 0 aliphatic rings. The molecule has 1 aromatic carbocycles. The summed E-state index contributed by atoms with van der Waals surface area (Å²) in [5, 5.41) is 8.64. The maximum Gasteiger partial charge on any atom is 0.272 e. The van der Waals surface area contributed by atoms with Crippen LogP contribution in [0.15, 0.2) is 23.0 Å². The van der Waals surface area contributed by atoms with Crippen LogP contribution in [-0.4, -0.2) is 10.2 Å². The first-order valence-corrected chi connectivity index (χ1v) is 5.15. The van der Waals surface area contributed by atoms with Gasteiger partial charge in [0.05, 0.1) is 11.1 Å². The Labute approximate surface area is 92.1 Å². The molecule has 0 atom stereocenters. The highest BCUT2D eigenvalue weighted by molar-refractivity contribution is 6.31. The third kappa shape index (κ3) is 1.75. The molecule has 15 heavy (non-hydrogen) atoms. The summed E-state index contributed by atoms with van der Waals surface area (Å²) in [7, 11) is 0. The van der Waals surface area contributed by atoms with Gasteiger partial charge in [-0.1, -0.05) is 25.4 Å². The quantitative estimate of drug-likeness (QED) is 0.807. The van der Waals surface area contributed by atoms with Crippen molar-refractivity contribution in [3.8, 4) is 0 Å². The Morgan fingerprint density at radius 1 is 1.33 bits per heavy atom. The summed E-state index contributed by atoms with van der Waals surface area (Å²) >= 11 is 5.91. The van der Waals surface area contributed by atoms with Gasteiger partial charge in [0.15, 0.2) is 0 Å². The van der Waals surface area contributed by atoms with E-state index in [0.717, 1.165) is 11.1 Å². The van der Waals surface area contributed by atoms with Gasteiger partial charge in [-0.15, -0.1) is 0 Å². The number of aromatic amines is 1. The second kappa shape index (κ2) is 3.66. The SMILES string of the molecule is CC(C)c1n[nH]c(=O)c2ccc(Cl)cc12. The highest BCUT2D eigenvalue weighted by Gasteiger charge is 2.09. The van der Waals surface area contributed by atoms with E-state index in [1.165, 1.54) is 0 Å². The molecule has 0 radical (unpaired) electrons. The Morgan fingerprint density at radius 3 is 2.73 bits per heavy atom. The molecule has 0 aliphatic carbocycles. The molecule has 0 saturated heterocycles. The fraction of sp³-hybridized carbons (Fsp3) is 0.273. The van der Waals surface area contributed by atoms with Crippen molar-refractivity contribution in [3.05, 3.63) is 39.3 Å². The molecule has 0 saturated carbocycles. The van der Waals surface area contributed by atoms with Crippen molar-refractivity contribution < 1.29 is 0 Å². The van der Waals surface area contributed by atoms with Crippen LogP contribution in [0.5, 0.6) is 0 Å². The summed E-state index contributed by atoms with van der Waals surface area (Å²) in [4.78, 5) is 11.5. The molecular weight excluding hydrogens is 212 g/mol. The lowest BCUT2D eigenvalue weighted by Gasteiger charge is -2.07. The smallest absolute Gasteiger partial charge is 0.267 e. The first-order valence-electron chi connectivity index (χ1n) is 4.77. The zero-order valence-corrected chi connectivity index (χ0v) is 9.30. The van der Waals surface area contributed by atoms with E-state index in [1.54, 1.807) is 18.2 Å². The highest BCUT2D eigenvalue weighted by Crippen LogP contribution is 2.23. The Morgan fingerprint density at radius 2 is 2.07 bits per heavy atom. The van der Waals surface area contributed by atoms with Crippen LogP contribution in [0.3, 0.4) is 0 Å². The Balaban J connectivity index is 2.90. The Kier molecular flexibility index (Phi) is 2.49. The van der Waals surface area contributed by atoms with Crippen LogP contribution in [0.25, 0.3) is 10.8 Å². The molecule has 2 aromatic rings. The molecule has 4 heteroatoms. The van der Waals surface area contributed by atoms with E-state index in [4.69, 9.17) is 11.6 Å². The summed E-state index contributed by atoms with van der Waals surface area (Å²) in [6.45, 7) is 4.06. The first kappa shape index (κ1) is 10.2. The molecule has 3 nitrogen and oxygen atoms in total. The average Bonchev–Trinajstić information content (AvgIpc) is 2.17. The molecule has 0 amide bonds. The van der Waals surface area contributed by atoms with Crippen molar-refractivity contribution >= 4 is 22.4 Å². The topological polar surface area (TPSA) is 45.8 Å². The summed E-state index contributed by atoms with van der Waals surface area (Å²) in [6, 6.07) is 5.22. The van der Waals surface area contributed by atoms with Crippen molar-refractivity contribution in [2.24, 2.45) is 0 Å². The van der Waals surface area contributed by atoms with Gasteiger partial charge in [0.2, 0.25) is 0 Å². The lowest BCUT2D eigenvalue weighted by Crippen LogP contribution is -2.11. The highest BCUT2D eigenvalue weighted by atomic mass is 35.5. The molecule has 0 spiro atoms. The van der Waals surface area contributed by atoms with Gasteiger partial charge in [-0.2, -0.15) is 5.10 Å². The number of rotatable bonds is 1. The molecule has 1 N–H and O–H groups in total. The molecule has 1 heterocycles. The van der Waals surface area contributed by atoms with Crippen molar-refractivity contribution in [1.82, 2.24) is 10.2 Å². The lowest BCUT2D eigenvalue weighted by molar-refractivity contribution is 0.792. The minimum atomic E-state index is -0.175. The maximum absolute atomic E-state index is 11.5. The number of fused-ring (bicyclic) bond motifs is 1. The van der Waals surface area contributed by atoms with Crippen LogP contribution in [-0.2, 0) is 0 Å². The monoisotopic (exact) mass is 222 g/mol. The lowest BCUT2D eigenvalue weighted by atomic mass is 10.0. The summed E-state index contributed by atoms with van der Waals surface area (Å²) < 4.78 is 0. The number of benzene rings is 1. The molecule has 0 aliphatic heterocycles. The third-order valence-corrected chi connectivity index (χ3v) is 2.56. The largest absolute Gasteiger partial charge is 0.272 e. The van der Waals surface area contributed by atoms with E-state index in [0.29, 0.717) is 10.4 Å². The number of aromatic nitrogens is 2. The molecule has 0 bridgehead atoms. The van der Waals surface area contributed by atoms with Gasteiger partial charge < -0.3 is 0 Å². The van der Waals surface area contributed by atoms with Gasteiger partial charge in [0, 0.05) is 10.4 Å². The summed E-state index contributed by atoms with van der Waals surface area (Å²) in [5.41, 5.74) is 0.693. The van der Waals surface area contributed by atoms with E-state index in [2.05, 4.69) is 10.2 Å². The van der Waals surface area contributed by atoms with E-state index in [9.17, 15) is 4.79 Å². The van der Waals surface area contributed by atoms with Crippen molar-refractivity contribution in [1.29, 1.82) is 0 Å². The second-order valence-corrected chi connectivity index (χ2v) is 4.22. The standard InChI is InChI=1S/C11H11ClN2O/c1-6(2)10-9-5-7(12)3-4-8(9)11(15)14-13-10/h3-6H,1-2H3,(H,14,15). The maximum atomic E-state index is 11.5. The van der Waals surface area contributed by atoms with Crippen LogP contribution < -0.4 is 5.56 Å². The molecule has 2 rings (SSSR count). The van der Waals surface area contributed by atoms with Crippen molar-refractivity contribution in [3.63, 3.8) is 0 Å². The van der Waals surface area contributed by atoms with Gasteiger partial charge in [-0.25, -0.2) is 5.10 Å². The molecule has 0 fully saturated rings. The minimum Gasteiger partial charge on any atom is -0.267 e. The molecule has 1 aromatic heterocycles. The van der Waals surface area contributed by atoms with E-state index < -0.39 is 0 Å². The van der Waals surface area contributed by atoms with Crippen molar-refractivity contribution in [2.45, 2.75) is 19.8 Å². The average molecular weight is 223 g/mol. The molecule has 0 unspecified atom stereocenters. The Bertz CT molecular complexity index is 560. The van der Waals surface area contributed by atoms with Gasteiger partial charge in [0.1, 0.15) is 0 Å². The zero-order valence-electron chi connectivity index (χ0n) is 8.54. The normalized spacial score (nSPS) is 11.2. The first-order chi connectivity index (χ1) is 7.09. The predicted octanol–water partition coefficient (Wildman–Crippen LogP) is 2.70. The zero-order chi connectivity index (χ0) is 11.0. The number of nitrogens with one attached hydrogen (secondary N) is 1. The van der Waals surface area contributed by atoms with Gasteiger partial charge >= 0.3 is 0 Å². The summed E-state index contributed by atoms with van der Waals surface area (Å²) in [5.74, 6) is 0.253. The number of halogens is 1. The number of hydrogen-bond acceptors (Lipinski definition) is 2. The fourth-order valence-corrected chi connectivity index (χ4v) is 1.77. The predicted molar refractivity (Wildman–Crippen MR) is 61.5 cm³/mol. The summed E-state index contributed by atoms with van der Waals surface area (Å²) in [6.07, 6.45) is 0. The number of hydrogen-bond donors (Lipinski definition) is 1. The molecular formula is C11H11ClN2O. The van der Waals surface area contributed by atoms with E-state index in [-0.39, 0.29) is 11.5 Å². The number of H-pyrrole nitrogens is 1. The van der Waals surface area contributed by atoms with Gasteiger partial charge in [0.25, 0.3) is 5.56 Å². The number of nitrogens with zero attached hydrogens (tertiary/aromatic N) is 1. The minimum absolute atomic E-state index is 0.175. The second-order valence-electron chi connectivity index (χ2n) is 3.78. The van der Waals surface area contributed by atoms with Crippen LogP contribution in [0.4, 0.5) is 0 Å². The van der Waals surface area contributed by atoms with Crippen molar-refractivity contribution in [2.75, 3.05) is 0 Å². The van der Waals surface area contributed by atoms with E-state index in [1.807, 2.05) is 13.8 Å². The third-order valence-electron chi connectivity index (χ3n) is 2.33. The van der Waals surface area contributed by atoms with Crippen LogP contribution in [0.1, 0.15) is 25.5 Å². The fourth-order valence-electron chi connectivity index (χ4n) is 1.60. The van der Waals surface area contributed by atoms with E-state index >= 15 is 0 Å². The van der Waals surface area contributed by atoms with Gasteiger partial charge in [-0.05, 0) is 24.1 Å². The molecule has 78 valence electrons.